The minimum atomic E-state index is -1.40. The lowest BCUT2D eigenvalue weighted by molar-refractivity contribution is -0.180. The molecule has 0 heterocycles. The fourth-order valence-corrected chi connectivity index (χ4v) is 4.80. The van der Waals surface area contributed by atoms with Gasteiger partial charge in [-0.2, -0.15) is 0 Å². The number of carbonyl (C=O) groups is 4. The second-order valence-corrected chi connectivity index (χ2v) is 8.30. The Balaban J connectivity index is 2.17. The van der Waals surface area contributed by atoms with E-state index in [4.69, 9.17) is 5.73 Å². The molecule has 0 spiro atoms. The van der Waals surface area contributed by atoms with Crippen LogP contribution in [0.1, 0.15) is 40.0 Å². The van der Waals surface area contributed by atoms with Crippen LogP contribution in [0.2, 0.25) is 0 Å². The molecule has 8 heteroatoms. The highest BCUT2D eigenvalue weighted by atomic mass is 16.4. The van der Waals surface area contributed by atoms with Gasteiger partial charge >= 0.3 is 11.9 Å². The lowest BCUT2D eigenvalue weighted by Gasteiger charge is -2.46. The quantitative estimate of drug-likeness (QED) is 0.563. The second-order valence-electron chi connectivity index (χ2n) is 8.30. The maximum absolute atomic E-state index is 12.6. The summed E-state index contributed by atoms with van der Waals surface area (Å²) in [5.74, 6) is -9.42. The van der Waals surface area contributed by atoms with E-state index >= 15 is 0 Å². The summed E-state index contributed by atoms with van der Waals surface area (Å²) in [4.78, 5) is 47.0. The first kappa shape index (κ1) is 19.2. The minimum Gasteiger partial charge on any atom is -0.481 e. The maximum atomic E-state index is 12.6. The minimum absolute atomic E-state index is 0.0450. The Morgan fingerprint density at radius 3 is 1.88 bits per heavy atom. The smallest absolute Gasteiger partial charge is 0.308 e. The lowest BCUT2D eigenvalue weighted by atomic mass is 9.55. The molecule has 0 aromatic heterocycles. The standard InChI is InChI=1S/C17H26N2O6/c1-7-4-8(6-17(2,3)5-7)19-14(21)10-11(15(22)23)9(13(18)20)12(10)16(24)25/h7-12H,4-6H2,1-3H3,(H2,18,20)(H,19,21)(H,22,23)(H,24,25). The van der Waals surface area contributed by atoms with Gasteiger partial charge < -0.3 is 21.3 Å². The molecule has 0 aliphatic heterocycles. The molecule has 0 bridgehead atoms. The van der Waals surface area contributed by atoms with Gasteiger partial charge in [-0.3, -0.25) is 19.2 Å². The van der Waals surface area contributed by atoms with Gasteiger partial charge in [-0.15, -0.1) is 0 Å². The summed E-state index contributed by atoms with van der Waals surface area (Å²) in [6.07, 6.45) is 2.53. The first-order valence-electron chi connectivity index (χ1n) is 8.50. The summed E-state index contributed by atoms with van der Waals surface area (Å²) in [5, 5.41) is 21.5. The van der Waals surface area contributed by atoms with Crippen molar-refractivity contribution < 1.29 is 29.4 Å². The molecule has 2 rings (SSSR count). The van der Waals surface area contributed by atoms with E-state index in [2.05, 4.69) is 26.1 Å². The zero-order valence-electron chi connectivity index (χ0n) is 14.7. The third-order valence-corrected chi connectivity index (χ3v) is 5.48. The van der Waals surface area contributed by atoms with Crippen molar-refractivity contribution >= 4 is 23.8 Å². The highest BCUT2D eigenvalue weighted by Gasteiger charge is 2.63. The van der Waals surface area contributed by atoms with Gasteiger partial charge in [-0.1, -0.05) is 20.8 Å². The summed E-state index contributed by atoms with van der Waals surface area (Å²) in [7, 11) is 0. The van der Waals surface area contributed by atoms with E-state index < -0.39 is 47.4 Å². The Bertz CT molecular complexity index is 580. The summed E-state index contributed by atoms with van der Waals surface area (Å²) in [5.41, 5.74) is 5.20. The topological polar surface area (TPSA) is 147 Å². The third-order valence-electron chi connectivity index (χ3n) is 5.48. The largest absolute Gasteiger partial charge is 0.481 e. The van der Waals surface area contributed by atoms with E-state index in [1.165, 1.54) is 0 Å². The number of aliphatic carboxylic acids is 2. The predicted octanol–water partition coefficient (Wildman–Crippen LogP) is 0.450. The second kappa shape index (κ2) is 6.65. The SMILES string of the molecule is CC1CC(NC(=O)C2C(C(=O)O)C(C(N)=O)C2C(=O)O)CC(C)(C)C1. The molecular formula is C17H26N2O6. The average Bonchev–Trinajstić information content (AvgIpc) is 2.32. The van der Waals surface area contributed by atoms with Gasteiger partial charge in [0.2, 0.25) is 11.8 Å². The Kier molecular flexibility index (Phi) is 5.11. The van der Waals surface area contributed by atoms with Crippen molar-refractivity contribution in [3.05, 3.63) is 0 Å². The van der Waals surface area contributed by atoms with E-state index in [1.807, 2.05) is 0 Å². The first-order valence-corrected chi connectivity index (χ1v) is 8.50. The third kappa shape index (κ3) is 3.77. The zero-order valence-corrected chi connectivity index (χ0v) is 14.7. The summed E-state index contributed by atoms with van der Waals surface area (Å²) in [6, 6.07) is -0.136. The number of hydrogen-bond acceptors (Lipinski definition) is 4. The molecule has 140 valence electrons. The van der Waals surface area contributed by atoms with E-state index in [-0.39, 0.29) is 11.5 Å². The molecule has 2 aliphatic rings. The molecule has 2 fully saturated rings. The number of primary amides is 1. The zero-order chi connectivity index (χ0) is 19.1. The average molecular weight is 354 g/mol. The Labute approximate surface area is 146 Å². The number of carboxylic acids is 2. The van der Waals surface area contributed by atoms with Gasteiger partial charge in [0.25, 0.3) is 0 Å². The van der Waals surface area contributed by atoms with Crippen LogP contribution in [-0.2, 0) is 19.2 Å². The van der Waals surface area contributed by atoms with Crippen molar-refractivity contribution in [3.8, 4) is 0 Å². The van der Waals surface area contributed by atoms with Crippen molar-refractivity contribution in [1.82, 2.24) is 5.32 Å². The van der Waals surface area contributed by atoms with Crippen molar-refractivity contribution in [2.24, 2.45) is 40.7 Å². The number of rotatable bonds is 5. The summed E-state index contributed by atoms with van der Waals surface area (Å²) < 4.78 is 0. The van der Waals surface area contributed by atoms with Gasteiger partial charge in [0.1, 0.15) is 0 Å². The van der Waals surface area contributed by atoms with Gasteiger partial charge in [-0.05, 0) is 30.6 Å². The van der Waals surface area contributed by atoms with Gasteiger partial charge in [0.15, 0.2) is 0 Å². The van der Waals surface area contributed by atoms with Crippen LogP contribution in [0.4, 0.5) is 0 Å². The van der Waals surface area contributed by atoms with E-state index in [0.29, 0.717) is 5.92 Å². The summed E-state index contributed by atoms with van der Waals surface area (Å²) >= 11 is 0. The maximum Gasteiger partial charge on any atom is 0.308 e. The van der Waals surface area contributed by atoms with Gasteiger partial charge in [-0.25, -0.2) is 0 Å². The molecule has 2 saturated carbocycles. The molecule has 0 saturated heterocycles. The van der Waals surface area contributed by atoms with Crippen LogP contribution in [-0.4, -0.2) is 40.0 Å². The van der Waals surface area contributed by atoms with Crippen LogP contribution in [0.5, 0.6) is 0 Å². The lowest BCUT2D eigenvalue weighted by Crippen LogP contribution is -2.64. The molecule has 0 radical (unpaired) electrons. The number of amides is 2. The molecule has 4 atom stereocenters. The van der Waals surface area contributed by atoms with Crippen LogP contribution in [0.3, 0.4) is 0 Å². The Hall–Kier alpha value is -2.12. The van der Waals surface area contributed by atoms with E-state index in [0.717, 1.165) is 19.3 Å². The fraction of sp³-hybridized carbons (Fsp3) is 0.765. The number of carboxylic acid groups (broad SMARTS) is 2. The molecular weight excluding hydrogens is 328 g/mol. The molecule has 2 amide bonds. The van der Waals surface area contributed by atoms with Crippen molar-refractivity contribution in [2.45, 2.75) is 46.1 Å². The monoisotopic (exact) mass is 354 g/mol. The molecule has 0 aromatic carbocycles. The Morgan fingerprint density at radius 1 is 0.960 bits per heavy atom. The molecule has 5 N–H and O–H groups in total. The number of carbonyl (C=O) groups excluding carboxylic acids is 2. The normalized spacial score (nSPS) is 36.8. The molecule has 8 nitrogen and oxygen atoms in total. The number of nitrogens with one attached hydrogen (secondary N) is 1. The summed E-state index contributed by atoms with van der Waals surface area (Å²) in [6.45, 7) is 6.30. The van der Waals surface area contributed by atoms with Gasteiger partial charge in [0.05, 0.1) is 23.7 Å². The van der Waals surface area contributed by atoms with Crippen LogP contribution < -0.4 is 11.1 Å². The van der Waals surface area contributed by atoms with Crippen molar-refractivity contribution in [3.63, 3.8) is 0 Å². The van der Waals surface area contributed by atoms with E-state index in [1.54, 1.807) is 0 Å². The Morgan fingerprint density at radius 2 is 1.48 bits per heavy atom. The first-order chi connectivity index (χ1) is 11.4. The molecule has 4 unspecified atom stereocenters. The molecule has 2 aliphatic carbocycles. The van der Waals surface area contributed by atoms with Crippen molar-refractivity contribution in [1.29, 1.82) is 0 Å². The van der Waals surface area contributed by atoms with Crippen LogP contribution in [0.25, 0.3) is 0 Å². The number of nitrogens with two attached hydrogens (primary N) is 1. The highest BCUT2D eigenvalue weighted by Crippen LogP contribution is 2.47. The number of hydrogen-bond donors (Lipinski definition) is 4. The van der Waals surface area contributed by atoms with Crippen LogP contribution >= 0.6 is 0 Å². The predicted molar refractivity (Wildman–Crippen MR) is 87.2 cm³/mol. The molecule has 0 aromatic rings. The fourth-order valence-electron chi connectivity index (χ4n) is 4.80. The van der Waals surface area contributed by atoms with Gasteiger partial charge in [0, 0.05) is 6.04 Å². The van der Waals surface area contributed by atoms with Crippen molar-refractivity contribution in [2.75, 3.05) is 0 Å². The van der Waals surface area contributed by atoms with Crippen LogP contribution in [0, 0.1) is 35.0 Å². The highest BCUT2D eigenvalue weighted by molar-refractivity contribution is 5.99. The van der Waals surface area contributed by atoms with E-state index in [9.17, 15) is 29.4 Å². The van der Waals surface area contributed by atoms with Crippen LogP contribution in [0.15, 0.2) is 0 Å². The molecule has 25 heavy (non-hydrogen) atoms.